The van der Waals surface area contributed by atoms with Crippen LogP contribution in [0.15, 0.2) is 0 Å². The molecule has 0 saturated heterocycles. The maximum Gasteiger partial charge on any atom is 0.472 e. The molecule has 0 fully saturated rings. The summed E-state index contributed by atoms with van der Waals surface area (Å²) in [5, 5.41) is 10.6. The van der Waals surface area contributed by atoms with Gasteiger partial charge in [-0.3, -0.25) is 37.3 Å². The fourth-order valence-corrected chi connectivity index (χ4v) is 12.3. The van der Waals surface area contributed by atoms with E-state index in [1.807, 2.05) is 0 Å². The highest BCUT2D eigenvalue weighted by Crippen LogP contribution is 2.45. The zero-order valence-electron chi connectivity index (χ0n) is 58.4. The Bertz CT molecular complexity index is 1750. The third-order valence-corrected chi connectivity index (χ3v) is 18.4. The van der Waals surface area contributed by atoms with E-state index in [2.05, 4.69) is 41.5 Å². The van der Waals surface area contributed by atoms with E-state index in [-0.39, 0.29) is 25.7 Å². The molecule has 0 aliphatic heterocycles. The molecule has 0 aliphatic carbocycles. The van der Waals surface area contributed by atoms with Crippen molar-refractivity contribution in [2.75, 3.05) is 39.6 Å². The second kappa shape index (κ2) is 63.1. The zero-order valence-corrected chi connectivity index (χ0v) is 60.2. The van der Waals surface area contributed by atoms with Crippen LogP contribution in [0.25, 0.3) is 0 Å². The van der Waals surface area contributed by atoms with Crippen molar-refractivity contribution in [3.8, 4) is 0 Å². The van der Waals surface area contributed by atoms with Gasteiger partial charge in [-0.25, -0.2) is 9.13 Å². The number of unbranched alkanes of at least 4 members (excludes halogenated alkanes) is 40. The van der Waals surface area contributed by atoms with Crippen molar-refractivity contribution in [1.29, 1.82) is 0 Å². The summed E-state index contributed by atoms with van der Waals surface area (Å²) in [5.41, 5.74) is 0. The monoisotopic (exact) mass is 1320 g/mol. The minimum atomic E-state index is -4.95. The number of ether oxygens (including phenoxy) is 4. The molecule has 534 valence electrons. The van der Waals surface area contributed by atoms with Crippen molar-refractivity contribution < 1.29 is 80.2 Å². The predicted molar refractivity (Wildman–Crippen MR) is 363 cm³/mol. The van der Waals surface area contributed by atoms with Crippen LogP contribution in [0.3, 0.4) is 0 Å². The van der Waals surface area contributed by atoms with E-state index >= 15 is 0 Å². The van der Waals surface area contributed by atoms with Crippen molar-refractivity contribution in [3.05, 3.63) is 0 Å². The summed E-state index contributed by atoms with van der Waals surface area (Å²) in [4.78, 5) is 72.5. The Kier molecular flexibility index (Phi) is 61.8. The van der Waals surface area contributed by atoms with Crippen LogP contribution in [0.2, 0.25) is 0 Å². The third-order valence-electron chi connectivity index (χ3n) is 16.5. The minimum Gasteiger partial charge on any atom is -0.462 e. The van der Waals surface area contributed by atoms with E-state index in [0.717, 1.165) is 95.8 Å². The fourth-order valence-electron chi connectivity index (χ4n) is 10.8. The summed E-state index contributed by atoms with van der Waals surface area (Å²) in [7, 11) is -9.90. The van der Waals surface area contributed by atoms with Crippen molar-refractivity contribution in [3.63, 3.8) is 0 Å². The van der Waals surface area contributed by atoms with Gasteiger partial charge in [-0.15, -0.1) is 0 Å². The lowest BCUT2D eigenvalue weighted by Crippen LogP contribution is -2.30. The molecular formula is C71H138O17P2. The van der Waals surface area contributed by atoms with E-state index in [0.29, 0.717) is 31.6 Å². The number of carbonyl (C=O) groups excluding carboxylic acids is 4. The molecule has 0 rings (SSSR count). The smallest absolute Gasteiger partial charge is 0.462 e. The lowest BCUT2D eigenvalue weighted by atomic mass is 10.0. The molecule has 2 unspecified atom stereocenters. The number of aliphatic hydroxyl groups is 1. The van der Waals surface area contributed by atoms with Gasteiger partial charge in [-0.05, 0) is 37.5 Å². The molecule has 0 amide bonds. The molecule has 17 nitrogen and oxygen atoms in total. The van der Waals surface area contributed by atoms with Crippen LogP contribution in [0.5, 0.6) is 0 Å². The first-order valence-electron chi connectivity index (χ1n) is 37.0. The largest absolute Gasteiger partial charge is 0.472 e. The van der Waals surface area contributed by atoms with Gasteiger partial charge in [0.25, 0.3) is 0 Å². The van der Waals surface area contributed by atoms with Crippen LogP contribution in [-0.4, -0.2) is 96.7 Å². The Labute approximate surface area is 549 Å². The Morgan fingerprint density at radius 2 is 0.511 bits per heavy atom. The number of esters is 4. The second-order valence-corrected chi connectivity index (χ2v) is 29.5. The zero-order chi connectivity index (χ0) is 66.5. The van der Waals surface area contributed by atoms with Crippen LogP contribution in [0, 0.1) is 11.8 Å². The fraction of sp³-hybridized carbons (Fsp3) is 0.944. The maximum atomic E-state index is 13.0. The standard InChI is InChI=1S/C71H138O17P2/c1-7-9-11-13-15-17-19-20-21-22-23-26-31-37-43-49-55-70(75)87-66(59-82-69(74)54-48-42-36-30-27-24-25-28-33-39-45-51-63(3)4)61-85-89(77,78)83-57-65(72)58-84-90(79,80)86-62-67(88-71(76)56-50-44-38-32-34-40-46-52-64(5)6)60-81-68(73)53-47-41-35-29-18-16-14-12-10-8-2/h63-67,72H,7-62H2,1-6H3,(H,77,78)(H,79,80)/t65-,66-,67-/m1/s1. The van der Waals surface area contributed by atoms with Gasteiger partial charge in [0.1, 0.15) is 19.3 Å². The number of phosphoric ester groups is 2. The molecule has 0 heterocycles. The van der Waals surface area contributed by atoms with Gasteiger partial charge >= 0.3 is 39.5 Å². The van der Waals surface area contributed by atoms with E-state index < -0.39 is 97.5 Å². The number of hydrogen-bond donors (Lipinski definition) is 3. The Hall–Kier alpha value is -1.94. The summed E-state index contributed by atoms with van der Waals surface area (Å²) in [6.07, 6.45) is 48.6. The molecule has 0 aromatic carbocycles. The summed E-state index contributed by atoms with van der Waals surface area (Å²) in [6, 6.07) is 0. The van der Waals surface area contributed by atoms with Crippen molar-refractivity contribution in [1.82, 2.24) is 0 Å². The average molecular weight is 1330 g/mol. The first-order valence-corrected chi connectivity index (χ1v) is 40.0. The SMILES string of the molecule is CCCCCCCCCCCCCCCCCCC(=O)O[C@H](COC(=O)CCCCCCCCCCCCCC(C)C)COP(=O)(O)OC[C@@H](O)COP(=O)(O)OC[C@@H](COC(=O)CCCCCCCCCCCC)OC(=O)CCCCCCCCCC(C)C. The lowest BCUT2D eigenvalue weighted by Gasteiger charge is -2.21. The Morgan fingerprint density at radius 1 is 0.300 bits per heavy atom. The van der Waals surface area contributed by atoms with E-state index in [1.165, 1.54) is 180 Å². The molecule has 3 N–H and O–H groups in total. The quantitative estimate of drug-likeness (QED) is 0.0222. The minimum absolute atomic E-state index is 0.104. The van der Waals surface area contributed by atoms with Gasteiger partial charge in [0.05, 0.1) is 26.4 Å². The normalized spacial score (nSPS) is 14.1. The Morgan fingerprint density at radius 3 is 0.756 bits per heavy atom. The van der Waals surface area contributed by atoms with Gasteiger partial charge in [-0.1, -0.05) is 311 Å². The molecule has 5 atom stereocenters. The van der Waals surface area contributed by atoms with Crippen molar-refractivity contribution in [2.45, 2.75) is 381 Å². The van der Waals surface area contributed by atoms with E-state index in [1.54, 1.807) is 0 Å². The van der Waals surface area contributed by atoms with E-state index in [9.17, 15) is 43.2 Å². The topological polar surface area (TPSA) is 237 Å². The molecule has 0 aromatic heterocycles. The van der Waals surface area contributed by atoms with Crippen LogP contribution in [0.4, 0.5) is 0 Å². The molecule has 0 bridgehead atoms. The summed E-state index contributed by atoms with van der Waals surface area (Å²) in [5.74, 6) is -0.657. The average Bonchev–Trinajstić information content (AvgIpc) is 3.65. The molecule has 19 heteroatoms. The molecule has 0 radical (unpaired) electrons. The highest BCUT2D eigenvalue weighted by atomic mass is 31.2. The van der Waals surface area contributed by atoms with Crippen LogP contribution in [0.1, 0.15) is 363 Å². The molecule has 90 heavy (non-hydrogen) atoms. The number of aliphatic hydroxyl groups excluding tert-OH is 1. The van der Waals surface area contributed by atoms with Crippen molar-refractivity contribution in [2.24, 2.45) is 11.8 Å². The molecule has 0 spiro atoms. The van der Waals surface area contributed by atoms with Crippen LogP contribution in [-0.2, 0) is 65.4 Å². The molecule has 0 aromatic rings. The first kappa shape index (κ1) is 88.1. The highest BCUT2D eigenvalue weighted by molar-refractivity contribution is 7.47. The van der Waals surface area contributed by atoms with Crippen molar-refractivity contribution >= 4 is 39.5 Å². The summed E-state index contributed by atoms with van der Waals surface area (Å²) < 4.78 is 68.3. The van der Waals surface area contributed by atoms with Gasteiger partial charge in [0.2, 0.25) is 0 Å². The van der Waals surface area contributed by atoms with Crippen LogP contribution < -0.4 is 0 Å². The first-order chi connectivity index (χ1) is 43.4. The summed E-state index contributed by atoms with van der Waals surface area (Å²) >= 11 is 0. The molecular weight excluding hydrogens is 1190 g/mol. The maximum absolute atomic E-state index is 13.0. The number of rotatable bonds is 70. The molecule has 0 saturated carbocycles. The number of carbonyl (C=O) groups is 4. The lowest BCUT2D eigenvalue weighted by molar-refractivity contribution is -0.161. The van der Waals surface area contributed by atoms with Crippen LogP contribution >= 0.6 is 15.6 Å². The van der Waals surface area contributed by atoms with Gasteiger partial charge in [-0.2, -0.15) is 0 Å². The Balaban J connectivity index is 5.23. The van der Waals surface area contributed by atoms with E-state index in [4.69, 9.17) is 37.0 Å². The van der Waals surface area contributed by atoms with Gasteiger partial charge in [0, 0.05) is 25.7 Å². The number of phosphoric acid groups is 2. The summed E-state index contributed by atoms with van der Waals surface area (Å²) in [6.45, 7) is 9.49. The predicted octanol–water partition coefficient (Wildman–Crippen LogP) is 20.4. The second-order valence-electron chi connectivity index (χ2n) is 26.6. The number of hydrogen-bond acceptors (Lipinski definition) is 15. The third kappa shape index (κ3) is 64.8. The highest BCUT2D eigenvalue weighted by Gasteiger charge is 2.30. The van der Waals surface area contributed by atoms with Gasteiger partial charge in [0.15, 0.2) is 12.2 Å². The van der Waals surface area contributed by atoms with Gasteiger partial charge < -0.3 is 33.8 Å². The molecule has 0 aliphatic rings.